The van der Waals surface area contributed by atoms with Gasteiger partial charge in [-0.2, -0.15) is 0 Å². The lowest BCUT2D eigenvalue weighted by Gasteiger charge is -2.18. The van der Waals surface area contributed by atoms with E-state index in [1.807, 2.05) is 13.8 Å². The van der Waals surface area contributed by atoms with Crippen LogP contribution in [0.1, 0.15) is 34.1 Å². The van der Waals surface area contributed by atoms with E-state index in [9.17, 15) is 14.4 Å². The number of hydrogen-bond donors (Lipinski definition) is 2. The Bertz CT molecular complexity index is 277. The second kappa shape index (κ2) is 7.95. The molecule has 0 aromatic carbocycles. The third-order valence-corrected chi connectivity index (χ3v) is 2.27. The summed E-state index contributed by atoms with van der Waals surface area (Å²) < 4.78 is 0. The summed E-state index contributed by atoms with van der Waals surface area (Å²) in [5.74, 6) is 0.0498. The van der Waals surface area contributed by atoms with Crippen molar-refractivity contribution in [3.8, 4) is 0 Å². The van der Waals surface area contributed by atoms with Gasteiger partial charge in [0.2, 0.25) is 5.91 Å². The first-order chi connectivity index (χ1) is 7.86. The maximum Gasteiger partial charge on any atom is 0.237 e. The number of aldehydes is 1. The molecule has 2 N–H and O–H groups in total. The first kappa shape index (κ1) is 15.8. The molecule has 0 heterocycles. The van der Waals surface area contributed by atoms with Gasteiger partial charge in [0.15, 0.2) is 0 Å². The molecule has 0 aromatic heterocycles. The summed E-state index contributed by atoms with van der Waals surface area (Å²) in [5, 5.41) is 5.43. The predicted octanol–water partition coefficient (Wildman–Crippen LogP) is 0.283. The molecular formula is C12H22N2O3. The molecule has 0 spiro atoms. The number of hydrogen-bond acceptors (Lipinski definition) is 4. The monoisotopic (exact) mass is 242 g/mol. The van der Waals surface area contributed by atoms with Crippen LogP contribution in [0.5, 0.6) is 0 Å². The summed E-state index contributed by atoms with van der Waals surface area (Å²) in [6.07, 6.45) is 1.37. The first-order valence-electron chi connectivity index (χ1n) is 5.85. The molecule has 5 heteroatoms. The molecule has 0 fully saturated rings. The fourth-order valence-corrected chi connectivity index (χ4v) is 1.35. The van der Waals surface area contributed by atoms with Gasteiger partial charge >= 0.3 is 0 Å². The molecule has 0 aliphatic rings. The van der Waals surface area contributed by atoms with E-state index >= 15 is 0 Å². The van der Waals surface area contributed by atoms with Gasteiger partial charge in [0.05, 0.1) is 18.6 Å². The number of ketones is 1. The van der Waals surface area contributed by atoms with Crippen LogP contribution < -0.4 is 10.6 Å². The third-order valence-electron chi connectivity index (χ3n) is 2.27. The topological polar surface area (TPSA) is 75.3 Å². The van der Waals surface area contributed by atoms with Gasteiger partial charge in [0, 0.05) is 0 Å². The van der Waals surface area contributed by atoms with Crippen molar-refractivity contribution in [3.63, 3.8) is 0 Å². The number of carbonyl (C=O) groups is 3. The normalized spacial score (nSPS) is 14.2. The fourth-order valence-electron chi connectivity index (χ4n) is 1.35. The predicted molar refractivity (Wildman–Crippen MR) is 65.6 cm³/mol. The Morgan fingerprint density at radius 2 is 1.82 bits per heavy atom. The number of rotatable bonds is 8. The molecule has 17 heavy (non-hydrogen) atoms. The van der Waals surface area contributed by atoms with Crippen LogP contribution in [0, 0.1) is 5.92 Å². The van der Waals surface area contributed by atoms with Crippen molar-refractivity contribution in [2.24, 2.45) is 5.92 Å². The molecule has 0 aliphatic carbocycles. The largest absolute Gasteiger partial charge is 0.345 e. The lowest BCUT2D eigenvalue weighted by molar-refractivity contribution is -0.125. The van der Waals surface area contributed by atoms with Crippen molar-refractivity contribution in [1.82, 2.24) is 10.6 Å². The summed E-state index contributed by atoms with van der Waals surface area (Å²) in [5.41, 5.74) is 0. The molecule has 0 saturated heterocycles. The van der Waals surface area contributed by atoms with E-state index in [0.29, 0.717) is 12.3 Å². The van der Waals surface area contributed by atoms with Gasteiger partial charge in [0.25, 0.3) is 0 Å². The van der Waals surface area contributed by atoms with E-state index in [1.54, 1.807) is 6.92 Å². The minimum Gasteiger partial charge on any atom is -0.345 e. The van der Waals surface area contributed by atoms with Crippen LogP contribution in [0.15, 0.2) is 0 Å². The SMILES string of the molecule is CC(=O)CN[C@@H](C)C(=O)N[C@H](C=O)CC(C)C. The van der Waals surface area contributed by atoms with Crippen molar-refractivity contribution in [3.05, 3.63) is 0 Å². The highest BCUT2D eigenvalue weighted by Gasteiger charge is 2.17. The van der Waals surface area contributed by atoms with Gasteiger partial charge in [-0.15, -0.1) is 0 Å². The Labute approximate surface area is 102 Å². The van der Waals surface area contributed by atoms with Gasteiger partial charge in [-0.1, -0.05) is 13.8 Å². The van der Waals surface area contributed by atoms with E-state index < -0.39 is 12.1 Å². The summed E-state index contributed by atoms with van der Waals surface area (Å²) in [6, 6.07) is -0.933. The highest BCUT2D eigenvalue weighted by Crippen LogP contribution is 2.02. The van der Waals surface area contributed by atoms with Crippen LogP contribution in [-0.4, -0.2) is 36.6 Å². The van der Waals surface area contributed by atoms with Gasteiger partial charge in [0.1, 0.15) is 12.1 Å². The summed E-state index contributed by atoms with van der Waals surface area (Å²) >= 11 is 0. The fraction of sp³-hybridized carbons (Fsp3) is 0.750. The van der Waals surface area contributed by atoms with Crippen molar-refractivity contribution in [2.75, 3.05) is 6.54 Å². The Hall–Kier alpha value is -1.23. The average molecular weight is 242 g/mol. The van der Waals surface area contributed by atoms with Crippen LogP contribution in [0.25, 0.3) is 0 Å². The molecule has 0 aliphatic heterocycles. The minimum atomic E-state index is -0.478. The summed E-state index contributed by atoms with van der Waals surface area (Å²) in [6.45, 7) is 7.24. The van der Waals surface area contributed by atoms with Gasteiger partial charge in [-0.3, -0.25) is 14.9 Å². The van der Waals surface area contributed by atoms with E-state index in [4.69, 9.17) is 0 Å². The van der Waals surface area contributed by atoms with Gasteiger partial charge in [-0.25, -0.2) is 0 Å². The minimum absolute atomic E-state index is 0.0289. The van der Waals surface area contributed by atoms with Crippen molar-refractivity contribution < 1.29 is 14.4 Å². The number of Topliss-reactive ketones (excluding diaryl/α,β-unsaturated/α-hetero) is 1. The third kappa shape index (κ3) is 7.63. The molecule has 0 radical (unpaired) electrons. The molecule has 0 unspecified atom stereocenters. The summed E-state index contributed by atoms with van der Waals surface area (Å²) in [4.78, 5) is 33.2. The average Bonchev–Trinajstić information content (AvgIpc) is 2.23. The van der Waals surface area contributed by atoms with Crippen LogP contribution in [0.3, 0.4) is 0 Å². The Morgan fingerprint density at radius 3 is 2.24 bits per heavy atom. The van der Waals surface area contributed by atoms with E-state index in [2.05, 4.69) is 10.6 Å². The van der Waals surface area contributed by atoms with Crippen LogP contribution >= 0.6 is 0 Å². The van der Waals surface area contributed by atoms with E-state index in [1.165, 1.54) is 6.92 Å². The van der Waals surface area contributed by atoms with Crippen molar-refractivity contribution >= 4 is 18.0 Å². The molecule has 5 nitrogen and oxygen atoms in total. The second-order valence-corrected chi connectivity index (χ2v) is 4.69. The molecule has 0 aromatic rings. The zero-order chi connectivity index (χ0) is 13.4. The standard InChI is InChI=1S/C12H22N2O3/c1-8(2)5-11(7-15)14-12(17)10(4)13-6-9(3)16/h7-8,10-11,13H,5-6H2,1-4H3,(H,14,17)/t10-,11-/m0/s1. The quantitative estimate of drug-likeness (QED) is 0.600. The molecule has 1 amide bonds. The first-order valence-corrected chi connectivity index (χ1v) is 5.85. The van der Waals surface area contributed by atoms with E-state index in [0.717, 1.165) is 6.29 Å². The molecular weight excluding hydrogens is 220 g/mol. The lowest BCUT2D eigenvalue weighted by Crippen LogP contribution is -2.48. The Kier molecular flexibility index (Phi) is 7.37. The Balaban J connectivity index is 4.12. The summed E-state index contributed by atoms with van der Waals surface area (Å²) in [7, 11) is 0. The second-order valence-electron chi connectivity index (χ2n) is 4.69. The van der Waals surface area contributed by atoms with Crippen molar-refractivity contribution in [2.45, 2.75) is 46.2 Å². The zero-order valence-electron chi connectivity index (χ0n) is 10.9. The van der Waals surface area contributed by atoms with Crippen LogP contribution in [0.2, 0.25) is 0 Å². The molecule has 0 bridgehead atoms. The number of amides is 1. The Morgan fingerprint density at radius 1 is 1.24 bits per heavy atom. The zero-order valence-corrected chi connectivity index (χ0v) is 10.9. The molecule has 2 atom stereocenters. The van der Waals surface area contributed by atoms with Crippen molar-refractivity contribution in [1.29, 1.82) is 0 Å². The van der Waals surface area contributed by atoms with Gasteiger partial charge < -0.3 is 10.1 Å². The smallest absolute Gasteiger partial charge is 0.237 e. The molecule has 0 saturated carbocycles. The molecule has 0 rings (SSSR count). The lowest BCUT2D eigenvalue weighted by atomic mass is 10.0. The highest BCUT2D eigenvalue weighted by molar-refractivity contribution is 5.85. The van der Waals surface area contributed by atoms with E-state index in [-0.39, 0.29) is 18.2 Å². The molecule has 98 valence electrons. The maximum absolute atomic E-state index is 11.7. The van der Waals surface area contributed by atoms with Crippen LogP contribution in [-0.2, 0) is 14.4 Å². The number of carbonyl (C=O) groups excluding carboxylic acids is 3. The van der Waals surface area contributed by atoms with Crippen LogP contribution in [0.4, 0.5) is 0 Å². The maximum atomic E-state index is 11.7. The van der Waals surface area contributed by atoms with Gasteiger partial charge in [-0.05, 0) is 26.2 Å². The number of nitrogens with one attached hydrogen (secondary N) is 2. The highest BCUT2D eigenvalue weighted by atomic mass is 16.2.